The molecule has 0 aromatic heterocycles. The fourth-order valence-corrected chi connectivity index (χ4v) is 2.01. The van der Waals surface area contributed by atoms with Crippen LogP contribution in [0.25, 0.3) is 0 Å². The number of benzene rings is 2. The van der Waals surface area contributed by atoms with Crippen LogP contribution in [0.4, 0.5) is 5.69 Å². The Balaban J connectivity index is 1.92. The first-order valence-corrected chi connectivity index (χ1v) is 7.05. The van der Waals surface area contributed by atoms with Crippen LogP contribution >= 0.6 is 0 Å². The van der Waals surface area contributed by atoms with Gasteiger partial charge in [0.25, 0.3) is 0 Å². The number of para-hydroxylation sites is 1. The third kappa shape index (κ3) is 4.61. The number of aromatic hydroxyl groups is 1. The largest absolute Gasteiger partial charge is 0.508 e. The van der Waals surface area contributed by atoms with Crippen molar-refractivity contribution in [2.45, 2.75) is 19.9 Å². The fraction of sp³-hybridized carbons (Fsp3) is 0.235. The standard InChI is InChI=1S/C17H20N2O2/c1-2-18-12-13-7-9-15(10-8-13)19-17(21)11-14-5-3-4-6-16(14)20/h3-10,18,20H,2,11-12H2,1H3,(H,19,21). The monoisotopic (exact) mass is 284 g/mol. The molecule has 0 aliphatic rings. The van der Waals surface area contributed by atoms with Crippen molar-refractivity contribution in [1.82, 2.24) is 5.32 Å². The molecule has 2 rings (SSSR count). The Morgan fingerprint density at radius 2 is 1.81 bits per heavy atom. The van der Waals surface area contributed by atoms with Gasteiger partial charge in [-0.3, -0.25) is 4.79 Å². The minimum atomic E-state index is -0.143. The van der Waals surface area contributed by atoms with E-state index in [1.807, 2.05) is 24.3 Å². The molecule has 4 heteroatoms. The van der Waals surface area contributed by atoms with Gasteiger partial charge in [0.05, 0.1) is 6.42 Å². The summed E-state index contributed by atoms with van der Waals surface area (Å²) >= 11 is 0. The van der Waals surface area contributed by atoms with Crippen molar-refractivity contribution in [3.8, 4) is 5.75 Å². The van der Waals surface area contributed by atoms with Crippen molar-refractivity contribution in [2.24, 2.45) is 0 Å². The molecule has 4 nitrogen and oxygen atoms in total. The highest BCUT2D eigenvalue weighted by Crippen LogP contribution is 2.17. The van der Waals surface area contributed by atoms with E-state index in [1.165, 1.54) is 5.56 Å². The van der Waals surface area contributed by atoms with Crippen LogP contribution in [0, 0.1) is 0 Å². The van der Waals surface area contributed by atoms with Gasteiger partial charge in [0.2, 0.25) is 5.91 Å². The Hall–Kier alpha value is -2.33. The molecule has 0 aliphatic carbocycles. The first kappa shape index (κ1) is 15.1. The quantitative estimate of drug-likeness (QED) is 0.764. The van der Waals surface area contributed by atoms with Crippen LogP contribution in [-0.2, 0) is 17.8 Å². The summed E-state index contributed by atoms with van der Waals surface area (Å²) < 4.78 is 0. The van der Waals surface area contributed by atoms with Gasteiger partial charge in [-0.2, -0.15) is 0 Å². The van der Waals surface area contributed by atoms with Crippen LogP contribution in [0.5, 0.6) is 5.75 Å². The number of hydrogen-bond donors (Lipinski definition) is 3. The molecular weight excluding hydrogens is 264 g/mol. The maximum Gasteiger partial charge on any atom is 0.228 e. The second-order valence-corrected chi connectivity index (χ2v) is 4.83. The summed E-state index contributed by atoms with van der Waals surface area (Å²) in [6.45, 7) is 3.81. The number of phenols is 1. The Bertz CT molecular complexity index is 594. The zero-order chi connectivity index (χ0) is 15.1. The second-order valence-electron chi connectivity index (χ2n) is 4.83. The Morgan fingerprint density at radius 3 is 2.48 bits per heavy atom. The molecule has 0 saturated heterocycles. The van der Waals surface area contributed by atoms with Gasteiger partial charge in [0.1, 0.15) is 5.75 Å². The number of carbonyl (C=O) groups excluding carboxylic acids is 1. The molecule has 0 fully saturated rings. The third-order valence-corrected chi connectivity index (χ3v) is 3.16. The number of amides is 1. The van der Waals surface area contributed by atoms with Crippen molar-refractivity contribution in [3.63, 3.8) is 0 Å². The maximum atomic E-state index is 12.0. The maximum absolute atomic E-state index is 12.0. The van der Waals surface area contributed by atoms with Crippen LogP contribution in [0.15, 0.2) is 48.5 Å². The van der Waals surface area contributed by atoms with Gasteiger partial charge in [0, 0.05) is 17.8 Å². The molecule has 2 aromatic carbocycles. The molecule has 0 heterocycles. The average Bonchev–Trinajstić information content (AvgIpc) is 2.49. The van der Waals surface area contributed by atoms with Gasteiger partial charge in [0.15, 0.2) is 0 Å². The molecule has 0 saturated carbocycles. The summed E-state index contributed by atoms with van der Waals surface area (Å²) in [7, 11) is 0. The smallest absolute Gasteiger partial charge is 0.228 e. The fourth-order valence-electron chi connectivity index (χ4n) is 2.01. The predicted octanol–water partition coefficient (Wildman–Crippen LogP) is 2.68. The number of hydrogen-bond acceptors (Lipinski definition) is 3. The lowest BCUT2D eigenvalue weighted by molar-refractivity contribution is -0.115. The van der Waals surface area contributed by atoms with Crippen LogP contribution in [0.1, 0.15) is 18.1 Å². The van der Waals surface area contributed by atoms with E-state index in [9.17, 15) is 9.90 Å². The van der Waals surface area contributed by atoms with Crippen LogP contribution < -0.4 is 10.6 Å². The molecule has 0 atom stereocenters. The van der Waals surface area contributed by atoms with Crippen molar-refractivity contribution in [2.75, 3.05) is 11.9 Å². The zero-order valence-corrected chi connectivity index (χ0v) is 12.1. The van der Waals surface area contributed by atoms with Crippen molar-refractivity contribution >= 4 is 11.6 Å². The zero-order valence-electron chi connectivity index (χ0n) is 12.1. The highest BCUT2D eigenvalue weighted by Gasteiger charge is 2.07. The lowest BCUT2D eigenvalue weighted by atomic mass is 10.1. The summed E-state index contributed by atoms with van der Waals surface area (Å²) in [6.07, 6.45) is 0.159. The number of anilines is 1. The van der Waals surface area contributed by atoms with Gasteiger partial charge >= 0.3 is 0 Å². The van der Waals surface area contributed by atoms with Gasteiger partial charge in [-0.25, -0.2) is 0 Å². The molecule has 0 aliphatic heterocycles. The van der Waals surface area contributed by atoms with E-state index in [1.54, 1.807) is 24.3 Å². The van der Waals surface area contributed by atoms with E-state index >= 15 is 0 Å². The first-order chi connectivity index (χ1) is 10.2. The molecule has 2 aromatic rings. The van der Waals surface area contributed by atoms with Crippen LogP contribution in [0.3, 0.4) is 0 Å². The van der Waals surface area contributed by atoms with E-state index in [4.69, 9.17) is 0 Å². The molecule has 0 unspecified atom stereocenters. The van der Waals surface area contributed by atoms with Crippen molar-refractivity contribution in [1.29, 1.82) is 0 Å². The van der Waals surface area contributed by atoms with Crippen molar-refractivity contribution in [3.05, 3.63) is 59.7 Å². The minimum absolute atomic E-state index is 0.143. The SMILES string of the molecule is CCNCc1ccc(NC(=O)Cc2ccccc2O)cc1. The Labute approximate surface area is 124 Å². The number of nitrogens with one attached hydrogen (secondary N) is 2. The highest BCUT2D eigenvalue weighted by atomic mass is 16.3. The average molecular weight is 284 g/mol. The third-order valence-electron chi connectivity index (χ3n) is 3.16. The van der Waals surface area contributed by atoms with Gasteiger partial charge < -0.3 is 15.7 Å². The van der Waals surface area contributed by atoms with Crippen molar-refractivity contribution < 1.29 is 9.90 Å². The van der Waals surface area contributed by atoms with E-state index in [0.717, 1.165) is 18.8 Å². The van der Waals surface area contributed by atoms with E-state index in [2.05, 4.69) is 17.6 Å². The molecule has 110 valence electrons. The summed E-state index contributed by atoms with van der Waals surface area (Å²) in [5.41, 5.74) is 2.56. The number of rotatable bonds is 6. The predicted molar refractivity (Wildman–Crippen MR) is 84.3 cm³/mol. The minimum Gasteiger partial charge on any atom is -0.508 e. The lowest BCUT2D eigenvalue weighted by Crippen LogP contribution is -2.15. The van der Waals surface area contributed by atoms with Crippen LogP contribution in [-0.4, -0.2) is 17.6 Å². The summed E-state index contributed by atoms with van der Waals surface area (Å²) in [5.74, 6) is 0.00423. The summed E-state index contributed by atoms with van der Waals surface area (Å²) in [4.78, 5) is 12.0. The number of phenolic OH excluding ortho intramolecular Hbond substituents is 1. The van der Waals surface area contributed by atoms with E-state index in [-0.39, 0.29) is 18.1 Å². The molecule has 0 bridgehead atoms. The topological polar surface area (TPSA) is 61.4 Å². The molecule has 3 N–H and O–H groups in total. The summed E-state index contributed by atoms with van der Waals surface area (Å²) in [6, 6.07) is 14.6. The van der Waals surface area contributed by atoms with Gasteiger partial charge in [-0.15, -0.1) is 0 Å². The molecule has 0 spiro atoms. The first-order valence-electron chi connectivity index (χ1n) is 7.05. The lowest BCUT2D eigenvalue weighted by Gasteiger charge is -2.08. The van der Waals surface area contributed by atoms with Gasteiger partial charge in [-0.1, -0.05) is 37.3 Å². The van der Waals surface area contributed by atoms with E-state index < -0.39 is 0 Å². The molecule has 1 amide bonds. The second kappa shape index (κ2) is 7.45. The van der Waals surface area contributed by atoms with E-state index in [0.29, 0.717) is 5.56 Å². The molecule has 0 radical (unpaired) electrons. The Kier molecular flexibility index (Phi) is 5.35. The summed E-state index contributed by atoms with van der Waals surface area (Å²) in [5, 5.41) is 15.7. The molecule has 21 heavy (non-hydrogen) atoms. The Morgan fingerprint density at radius 1 is 1.10 bits per heavy atom. The normalized spacial score (nSPS) is 10.3. The number of carbonyl (C=O) groups is 1. The highest BCUT2D eigenvalue weighted by molar-refractivity contribution is 5.92. The van der Waals surface area contributed by atoms with Gasteiger partial charge in [-0.05, 0) is 30.3 Å². The molecular formula is C17H20N2O2. The van der Waals surface area contributed by atoms with Crippen LogP contribution in [0.2, 0.25) is 0 Å².